The molecule has 2 fully saturated rings. The summed E-state index contributed by atoms with van der Waals surface area (Å²) in [6, 6.07) is 7.91. The molecular weight excluding hydrogens is 497 g/mol. The topological polar surface area (TPSA) is 101 Å². The van der Waals surface area contributed by atoms with Crippen LogP contribution in [0.3, 0.4) is 0 Å². The van der Waals surface area contributed by atoms with Crippen LogP contribution in [0.4, 0.5) is 21.5 Å². The fourth-order valence-electron chi connectivity index (χ4n) is 4.79. The summed E-state index contributed by atoms with van der Waals surface area (Å²) in [4.78, 5) is 18.8. The second-order valence-corrected chi connectivity index (χ2v) is 10.0. The van der Waals surface area contributed by atoms with Gasteiger partial charge in [0.15, 0.2) is 0 Å². The molecule has 4 rings (SSSR count). The van der Waals surface area contributed by atoms with Crippen molar-refractivity contribution in [2.75, 3.05) is 44.0 Å². The first kappa shape index (κ1) is 26.9. The number of carbonyl (C=O) groups excluding carboxylic acids is 1. The fraction of sp³-hybridized carbons (Fsp3) is 0.407. The van der Waals surface area contributed by atoms with Crippen LogP contribution in [0.5, 0.6) is 5.75 Å². The van der Waals surface area contributed by atoms with Crippen LogP contribution < -0.4 is 21.1 Å². The minimum absolute atomic E-state index is 0.0193. The Morgan fingerprint density at radius 3 is 2.86 bits per heavy atom. The zero-order valence-corrected chi connectivity index (χ0v) is 21.7. The quantitative estimate of drug-likeness (QED) is 0.247. The second kappa shape index (κ2) is 11.9. The van der Waals surface area contributed by atoms with E-state index in [1.807, 2.05) is 0 Å². The van der Waals surface area contributed by atoms with E-state index in [0.29, 0.717) is 42.6 Å². The molecule has 0 radical (unpaired) electrons. The molecule has 2 saturated heterocycles. The number of rotatable bonds is 9. The van der Waals surface area contributed by atoms with Crippen molar-refractivity contribution >= 4 is 40.9 Å². The Balaban J connectivity index is 1.51. The minimum Gasteiger partial charge on any atom is -0.491 e. The number of amides is 1. The van der Waals surface area contributed by atoms with Gasteiger partial charge >= 0.3 is 0 Å². The number of piperidine rings is 1. The van der Waals surface area contributed by atoms with Gasteiger partial charge in [-0.05, 0) is 62.2 Å². The summed E-state index contributed by atoms with van der Waals surface area (Å²) < 4.78 is 26.0. The maximum absolute atomic E-state index is 13.5. The van der Waals surface area contributed by atoms with Gasteiger partial charge in [-0.25, -0.2) is 9.38 Å². The monoisotopic (exact) mass is 529 g/mol. The second-order valence-electron chi connectivity index (χ2n) is 9.61. The Bertz CT molecular complexity index is 1170. The van der Waals surface area contributed by atoms with Gasteiger partial charge in [-0.1, -0.05) is 18.2 Å². The number of anilines is 2. The molecule has 10 heteroatoms. The summed E-state index contributed by atoms with van der Waals surface area (Å²) in [6.07, 6.45) is 5.40. The third kappa shape index (κ3) is 6.80. The molecule has 1 atom stereocenters. The van der Waals surface area contributed by atoms with Crippen molar-refractivity contribution in [3.05, 3.63) is 59.4 Å². The van der Waals surface area contributed by atoms with Crippen molar-refractivity contribution in [1.82, 2.24) is 4.90 Å². The van der Waals surface area contributed by atoms with Crippen molar-refractivity contribution in [2.45, 2.75) is 31.4 Å². The highest BCUT2D eigenvalue weighted by atomic mass is 35.5. The van der Waals surface area contributed by atoms with E-state index in [0.717, 1.165) is 37.9 Å². The first-order valence-electron chi connectivity index (χ1n) is 12.3. The largest absolute Gasteiger partial charge is 0.491 e. The van der Waals surface area contributed by atoms with Crippen molar-refractivity contribution < 1.29 is 18.7 Å². The lowest BCUT2D eigenvalue weighted by molar-refractivity contribution is -0.111. The van der Waals surface area contributed by atoms with E-state index in [1.165, 1.54) is 24.5 Å². The highest BCUT2D eigenvalue weighted by Gasteiger charge is 2.42. The number of nitrogens with one attached hydrogen (secondary N) is 2. The number of hydrogen-bond donors (Lipinski definition) is 3. The Hall–Kier alpha value is -3.14. The van der Waals surface area contributed by atoms with Crippen LogP contribution in [0.2, 0.25) is 5.02 Å². The molecular formula is C27H33ClFN5O3. The lowest BCUT2D eigenvalue weighted by Crippen LogP contribution is -2.42. The standard InChI is InChI=1S/C27H33ClFN5O3/c1-3-26(35)33-24-10-19(14-31-20-4-5-22(29)21(28)11-20)23(32-17-30)12-25(24)36-15-18-13-27(37-16-18)6-8-34(2)9-7-27/h3-5,10-12,17-18,31H,1,6-9,13-16H2,2H3,(H2,30,32)(H,33,35). The summed E-state index contributed by atoms with van der Waals surface area (Å²) in [6.45, 7) is 7.02. The first-order chi connectivity index (χ1) is 17.8. The van der Waals surface area contributed by atoms with Crippen molar-refractivity contribution in [2.24, 2.45) is 16.6 Å². The summed E-state index contributed by atoms with van der Waals surface area (Å²) in [5.74, 6) is -0.129. The number of likely N-dealkylation sites (tertiary alicyclic amines) is 1. The van der Waals surface area contributed by atoms with Crippen molar-refractivity contribution in [3.8, 4) is 5.75 Å². The van der Waals surface area contributed by atoms with Crippen LogP contribution in [0.1, 0.15) is 24.8 Å². The molecule has 1 spiro atoms. The van der Waals surface area contributed by atoms with Crippen LogP contribution in [-0.2, 0) is 16.1 Å². The summed E-state index contributed by atoms with van der Waals surface area (Å²) in [5, 5.41) is 6.04. The minimum atomic E-state index is -0.494. The van der Waals surface area contributed by atoms with Crippen molar-refractivity contribution in [1.29, 1.82) is 0 Å². The molecule has 2 aromatic rings. The highest BCUT2D eigenvalue weighted by Crippen LogP contribution is 2.40. The number of nitrogens with zero attached hydrogens (tertiary/aromatic N) is 2. The van der Waals surface area contributed by atoms with Gasteiger partial charge in [0.25, 0.3) is 0 Å². The zero-order chi connectivity index (χ0) is 26.4. The Kier molecular flexibility index (Phi) is 8.68. The van der Waals surface area contributed by atoms with Gasteiger partial charge in [0.2, 0.25) is 5.91 Å². The average Bonchev–Trinajstić information content (AvgIpc) is 3.29. The molecule has 37 heavy (non-hydrogen) atoms. The van der Waals surface area contributed by atoms with Gasteiger partial charge in [0, 0.05) is 37.3 Å². The molecule has 1 unspecified atom stereocenters. The maximum atomic E-state index is 13.5. The molecule has 0 saturated carbocycles. The van der Waals surface area contributed by atoms with E-state index in [4.69, 9.17) is 26.8 Å². The number of hydrogen-bond acceptors (Lipinski definition) is 6. The van der Waals surface area contributed by atoms with Crippen molar-refractivity contribution in [3.63, 3.8) is 0 Å². The summed E-state index contributed by atoms with van der Waals surface area (Å²) in [5.41, 5.74) is 7.99. The molecule has 8 nitrogen and oxygen atoms in total. The molecule has 4 N–H and O–H groups in total. The predicted octanol–water partition coefficient (Wildman–Crippen LogP) is 4.71. The van der Waals surface area contributed by atoms with Crippen LogP contribution >= 0.6 is 11.6 Å². The summed E-state index contributed by atoms with van der Waals surface area (Å²) in [7, 11) is 2.14. The Morgan fingerprint density at radius 2 is 2.16 bits per heavy atom. The first-order valence-corrected chi connectivity index (χ1v) is 12.7. The molecule has 2 aliphatic rings. The van der Waals surface area contributed by atoms with E-state index in [2.05, 4.69) is 34.2 Å². The highest BCUT2D eigenvalue weighted by molar-refractivity contribution is 6.31. The van der Waals surface area contributed by atoms with E-state index < -0.39 is 5.82 Å². The number of halogens is 2. The number of ether oxygens (including phenoxy) is 2. The van der Waals surface area contributed by atoms with E-state index >= 15 is 0 Å². The SMILES string of the molecule is C=CC(=O)Nc1cc(CNc2ccc(F)c(Cl)c2)c(N=CN)cc1OCC1COC2(CCN(C)CC2)C1. The molecule has 0 aromatic heterocycles. The van der Waals surface area contributed by atoms with Gasteiger partial charge in [-0.15, -0.1) is 0 Å². The zero-order valence-electron chi connectivity index (χ0n) is 20.9. The lowest BCUT2D eigenvalue weighted by Gasteiger charge is -2.37. The smallest absolute Gasteiger partial charge is 0.247 e. The maximum Gasteiger partial charge on any atom is 0.247 e. The third-order valence-electron chi connectivity index (χ3n) is 6.90. The summed E-state index contributed by atoms with van der Waals surface area (Å²) >= 11 is 5.90. The van der Waals surface area contributed by atoms with E-state index in [1.54, 1.807) is 18.2 Å². The number of carbonyl (C=O) groups is 1. The predicted molar refractivity (Wildman–Crippen MR) is 145 cm³/mol. The fourth-order valence-corrected chi connectivity index (χ4v) is 4.97. The number of nitrogens with two attached hydrogens (primary N) is 1. The number of aliphatic imine (C=N–C) groups is 1. The van der Waals surface area contributed by atoms with E-state index in [9.17, 15) is 9.18 Å². The van der Waals surface area contributed by atoms with Crippen LogP contribution in [0, 0.1) is 11.7 Å². The molecule has 1 amide bonds. The Morgan fingerprint density at radius 1 is 1.38 bits per heavy atom. The molecule has 198 valence electrons. The molecule has 2 aromatic carbocycles. The van der Waals surface area contributed by atoms with Crippen LogP contribution in [0.25, 0.3) is 0 Å². The molecule has 2 aliphatic heterocycles. The van der Waals surface area contributed by atoms with Gasteiger partial charge in [0.1, 0.15) is 11.6 Å². The van der Waals surface area contributed by atoms with Gasteiger partial charge < -0.3 is 30.7 Å². The molecule has 0 bridgehead atoms. The van der Waals surface area contributed by atoms with E-state index in [-0.39, 0.29) is 22.4 Å². The average molecular weight is 530 g/mol. The lowest BCUT2D eigenvalue weighted by atomic mass is 9.86. The van der Waals surface area contributed by atoms with Crippen LogP contribution in [0.15, 0.2) is 48.0 Å². The Labute approximate surface area is 221 Å². The van der Waals surface area contributed by atoms with Gasteiger partial charge in [-0.3, -0.25) is 4.79 Å². The van der Waals surface area contributed by atoms with Gasteiger partial charge in [-0.2, -0.15) is 0 Å². The number of benzene rings is 2. The molecule has 2 heterocycles. The van der Waals surface area contributed by atoms with Crippen LogP contribution in [-0.4, -0.2) is 56.1 Å². The third-order valence-corrected chi connectivity index (χ3v) is 7.19. The normalized spacial score (nSPS) is 19.3. The molecule has 0 aliphatic carbocycles. The van der Waals surface area contributed by atoms with Gasteiger partial charge in [0.05, 0.1) is 41.6 Å².